The molecule has 1 amide bonds. The van der Waals surface area contributed by atoms with Gasteiger partial charge in [-0.25, -0.2) is 9.97 Å². The summed E-state index contributed by atoms with van der Waals surface area (Å²) in [6.07, 6.45) is -4.51. The first-order valence-corrected chi connectivity index (χ1v) is 11.0. The summed E-state index contributed by atoms with van der Waals surface area (Å²) in [4.78, 5) is 21.1. The zero-order chi connectivity index (χ0) is 22.6. The Bertz CT molecular complexity index is 1150. The minimum atomic E-state index is -4.51. The van der Waals surface area contributed by atoms with E-state index in [9.17, 15) is 23.2 Å². The van der Waals surface area contributed by atoms with Crippen LogP contribution in [0.5, 0.6) is 0 Å². The second-order valence-corrected chi connectivity index (χ2v) is 8.67. The van der Waals surface area contributed by atoms with Gasteiger partial charge >= 0.3 is 6.18 Å². The highest BCUT2D eigenvalue weighted by molar-refractivity contribution is 7.99. The zero-order valence-corrected chi connectivity index (χ0v) is 18.2. The number of amides is 1. The van der Waals surface area contributed by atoms with E-state index < -0.39 is 17.6 Å². The Balaban J connectivity index is 1.63. The van der Waals surface area contributed by atoms with Crippen molar-refractivity contribution >= 4 is 29.0 Å². The van der Waals surface area contributed by atoms with Crippen LogP contribution >= 0.6 is 23.1 Å². The fourth-order valence-electron chi connectivity index (χ4n) is 2.77. The van der Waals surface area contributed by atoms with Crippen molar-refractivity contribution in [1.82, 2.24) is 15.3 Å². The smallest absolute Gasteiger partial charge is 0.351 e. The number of benzene rings is 1. The first-order chi connectivity index (χ1) is 14.7. The molecule has 2 heterocycles. The summed E-state index contributed by atoms with van der Waals surface area (Å²) in [5.41, 5.74) is 1.77. The predicted molar refractivity (Wildman–Crippen MR) is 114 cm³/mol. The lowest BCUT2D eigenvalue weighted by molar-refractivity contribution is -0.137. The fraction of sp³-hybridized carbons (Fsp3) is 0.238. The molecule has 1 N–H and O–H groups in total. The van der Waals surface area contributed by atoms with Crippen LogP contribution in [0.15, 0.2) is 40.7 Å². The normalized spacial score (nSPS) is 11.2. The fourth-order valence-corrected chi connectivity index (χ4v) is 4.24. The van der Waals surface area contributed by atoms with Crippen LogP contribution in [0.25, 0.3) is 11.3 Å². The summed E-state index contributed by atoms with van der Waals surface area (Å²) < 4.78 is 38.4. The van der Waals surface area contributed by atoms with Crippen molar-refractivity contribution in [3.05, 3.63) is 63.1 Å². The third-order valence-electron chi connectivity index (χ3n) is 4.27. The van der Waals surface area contributed by atoms with Gasteiger partial charge in [0.25, 0.3) is 5.91 Å². The molecule has 5 nitrogen and oxygen atoms in total. The topological polar surface area (TPSA) is 78.7 Å². The van der Waals surface area contributed by atoms with Crippen LogP contribution in [-0.4, -0.2) is 28.2 Å². The van der Waals surface area contributed by atoms with Crippen molar-refractivity contribution in [2.24, 2.45) is 0 Å². The van der Waals surface area contributed by atoms with E-state index in [2.05, 4.69) is 21.4 Å². The van der Waals surface area contributed by atoms with E-state index in [1.165, 1.54) is 35.2 Å². The Kier molecular flexibility index (Phi) is 6.97. The molecule has 0 aliphatic rings. The lowest BCUT2D eigenvalue weighted by Gasteiger charge is -2.10. The number of hydrogen-bond donors (Lipinski definition) is 1. The molecule has 0 unspecified atom stereocenters. The SMILES string of the molecule is Cc1nc(-c2cc(C#N)c(SCCNC(=O)c3cccc(C(F)(F)F)c3)nc2C)cs1. The highest BCUT2D eigenvalue weighted by atomic mass is 32.2. The number of aryl methyl sites for hydroxylation is 2. The molecular weight excluding hydrogens is 445 g/mol. The van der Waals surface area contributed by atoms with E-state index in [0.717, 1.165) is 34.1 Å². The Morgan fingerprint density at radius 3 is 2.68 bits per heavy atom. The van der Waals surface area contributed by atoms with Gasteiger partial charge in [0.15, 0.2) is 0 Å². The van der Waals surface area contributed by atoms with Crippen LogP contribution in [0.3, 0.4) is 0 Å². The molecule has 0 atom stereocenters. The molecule has 0 radical (unpaired) electrons. The number of pyridine rings is 1. The van der Waals surface area contributed by atoms with Crippen LogP contribution in [0.4, 0.5) is 13.2 Å². The quantitative estimate of drug-likeness (QED) is 0.401. The third kappa shape index (κ3) is 5.62. The van der Waals surface area contributed by atoms with Crippen LogP contribution < -0.4 is 5.32 Å². The summed E-state index contributed by atoms with van der Waals surface area (Å²) in [6.45, 7) is 3.95. The van der Waals surface area contributed by atoms with Gasteiger partial charge in [-0.05, 0) is 38.1 Å². The second kappa shape index (κ2) is 9.49. The van der Waals surface area contributed by atoms with Crippen LogP contribution in [0, 0.1) is 25.2 Å². The van der Waals surface area contributed by atoms with Gasteiger partial charge in [0.1, 0.15) is 11.1 Å². The van der Waals surface area contributed by atoms with Crippen LogP contribution in [0.1, 0.15) is 32.2 Å². The van der Waals surface area contributed by atoms with Gasteiger partial charge in [0.2, 0.25) is 0 Å². The molecule has 0 saturated carbocycles. The average Bonchev–Trinajstić information content (AvgIpc) is 3.16. The number of thioether (sulfide) groups is 1. The number of aromatic nitrogens is 2. The van der Waals surface area contributed by atoms with E-state index in [1.807, 2.05) is 19.2 Å². The maximum absolute atomic E-state index is 12.8. The molecule has 0 saturated heterocycles. The highest BCUT2D eigenvalue weighted by Gasteiger charge is 2.30. The van der Waals surface area contributed by atoms with Gasteiger partial charge < -0.3 is 5.32 Å². The minimum Gasteiger partial charge on any atom is -0.351 e. The molecule has 0 bridgehead atoms. The molecule has 0 aliphatic heterocycles. The maximum atomic E-state index is 12.8. The summed E-state index contributed by atoms with van der Waals surface area (Å²) >= 11 is 2.81. The molecule has 0 fully saturated rings. The standard InChI is InChI=1S/C21H17F3N4OS2/c1-12-17(18-11-31-13(2)28-18)9-15(10-25)20(27-12)30-7-6-26-19(29)14-4-3-5-16(8-14)21(22,23)24/h3-5,8-9,11H,6-7H2,1-2H3,(H,26,29). The first kappa shape index (κ1) is 22.8. The van der Waals surface area contributed by atoms with Crippen molar-refractivity contribution in [1.29, 1.82) is 5.26 Å². The predicted octanol–water partition coefficient (Wildman–Crippen LogP) is 5.23. The Hall–Kier alpha value is -2.90. The number of nitriles is 1. The summed E-state index contributed by atoms with van der Waals surface area (Å²) in [5, 5.41) is 15.4. The third-order valence-corrected chi connectivity index (χ3v) is 6.04. The molecule has 0 aliphatic carbocycles. The molecule has 3 rings (SSSR count). The van der Waals surface area contributed by atoms with Crippen molar-refractivity contribution in [2.45, 2.75) is 25.0 Å². The number of carbonyl (C=O) groups is 1. The van der Waals surface area contributed by atoms with E-state index in [0.29, 0.717) is 16.3 Å². The zero-order valence-electron chi connectivity index (χ0n) is 16.6. The van der Waals surface area contributed by atoms with Gasteiger partial charge in [0.05, 0.1) is 21.8 Å². The molecule has 0 spiro atoms. The van der Waals surface area contributed by atoms with E-state index in [4.69, 9.17) is 0 Å². The van der Waals surface area contributed by atoms with Gasteiger partial charge in [-0.2, -0.15) is 18.4 Å². The van der Waals surface area contributed by atoms with Crippen molar-refractivity contribution < 1.29 is 18.0 Å². The van der Waals surface area contributed by atoms with E-state index in [1.54, 1.807) is 6.07 Å². The summed E-state index contributed by atoms with van der Waals surface area (Å²) in [5.74, 6) is -0.188. The molecule has 10 heteroatoms. The first-order valence-electron chi connectivity index (χ1n) is 9.11. The Morgan fingerprint density at radius 2 is 2.03 bits per heavy atom. The second-order valence-electron chi connectivity index (χ2n) is 6.52. The largest absolute Gasteiger partial charge is 0.416 e. The molecule has 3 aromatic rings. The number of carbonyl (C=O) groups excluding carboxylic acids is 1. The van der Waals surface area contributed by atoms with E-state index in [-0.39, 0.29) is 12.1 Å². The van der Waals surface area contributed by atoms with Crippen molar-refractivity contribution in [3.63, 3.8) is 0 Å². The number of nitrogens with zero attached hydrogens (tertiary/aromatic N) is 3. The Labute approximate surface area is 185 Å². The lowest BCUT2D eigenvalue weighted by Crippen LogP contribution is -2.26. The number of rotatable bonds is 6. The minimum absolute atomic E-state index is 0.0607. The van der Waals surface area contributed by atoms with Gasteiger partial charge in [-0.15, -0.1) is 23.1 Å². The molecule has 31 heavy (non-hydrogen) atoms. The molecular formula is C21H17F3N4OS2. The van der Waals surface area contributed by atoms with E-state index >= 15 is 0 Å². The molecule has 1 aromatic carbocycles. The summed E-state index contributed by atoms with van der Waals surface area (Å²) in [6, 6.07) is 8.15. The molecule has 2 aromatic heterocycles. The maximum Gasteiger partial charge on any atom is 0.416 e. The summed E-state index contributed by atoms with van der Waals surface area (Å²) in [7, 11) is 0. The van der Waals surface area contributed by atoms with Crippen molar-refractivity contribution in [2.75, 3.05) is 12.3 Å². The number of nitrogens with one attached hydrogen (secondary N) is 1. The monoisotopic (exact) mass is 462 g/mol. The van der Waals surface area contributed by atoms with Crippen molar-refractivity contribution in [3.8, 4) is 17.3 Å². The lowest BCUT2D eigenvalue weighted by atomic mass is 10.1. The number of thiazole rings is 1. The number of halogens is 3. The van der Waals surface area contributed by atoms with Gasteiger partial charge in [-0.1, -0.05) is 6.07 Å². The van der Waals surface area contributed by atoms with Crippen LogP contribution in [-0.2, 0) is 6.18 Å². The number of hydrogen-bond acceptors (Lipinski definition) is 6. The highest BCUT2D eigenvalue weighted by Crippen LogP contribution is 2.30. The van der Waals surface area contributed by atoms with Gasteiger partial charge in [-0.3, -0.25) is 4.79 Å². The molecule has 160 valence electrons. The average molecular weight is 463 g/mol. The van der Waals surface area contributed by atoms with Crippen LogP contribution in [0.2, 0.25) is 0 Å². The van der Waals surface area contributed by atoms with Gasteiger partial charge in [0, 0.05) is 34.5 Å². The Morgan fingerprint density at radius 1 is 1.26 bits per heavy atom. The number of alkyl halides is 3.